The second kappa shape index (κ2) is 2.99. The van der Waals surface area contributed by atoms with E-state index in [2.05, 4.69) is 9.97 Å². The molecule has 0 aromatic carbocycles. The highest BCUT2D eigenvalue weighted by atomic mass is 19.3. The third-order valence-electron chi connectivity index (χ3n) is 4.16. The van der Waals surface area contributed by atoms with Crippen LogP contribution in [0.3, 0.4) is 0 Å². The first kappa shape index (κ1) is 10.2. The van der Waals surface area contributed by atoms with Crippen molar-refractivity contribution in [1.29, 1.82) is 0 Å². The van der Waals surface area contributed by atoms with Crippen LogP contribution < -0.4 is 4.90 Å². The quantitative estimate of drug-likeness (QED) is 0.775. The van der Waals surface area contributed by atoms with Gasteiger partial charge in [-0.1, -0.05) is 0 Å². The number of fused-ring (bicyclic) bond motifs is 1. The number of anilines is 1. The summed E-state index contributed by atoms with van der Waals surface area (Å²) >= 11 is 0. The molecule has 0 amide bonds. The van der Waals surface area contributed by atoms with Gasteiger partial charge in [-0.05, 0) is 6.42 Å². The highest BCUT2D eigenvalue weighted by Crippen LogP contribution is 2.65. The zero-order chi connectivity index (χ0) is 12.4. The molecule has 6 heteroatoms. The molecule has 1 unspecified atom stereocenters. The van der Waals surface area contributed by atoms with Gasteiger partial charge in [-0.15, -0.1) is 0 Å². The minimum absolute atomic E-state index is 0.0219. The lowest BCUT2D eigenvalue weighted by atomic mass is 10.1. The number of alkyl halides is 2. The van der Waals surface area contributed by atoms with Crippen LogP contribution in [0.15, 0.2) is 24.8 Å². The molecule has 18 heavy (non-hydrogen) atoms. The first-order valence-electron chi connectivity index (χ1n) is 6.02. The van der Waals surface area contributed by atoms with Gasteiger partial charge in [0.15, 0.2) is 11.5 Å². The molecule has 0 N–H and O–H groups in total. The summed E-state index contributed by atoms with van der Waals surface area (Å²) in [5.41, 5.74) is -0.0628. The average molecular weight is 250 g/mol. The number of imidazole rings is 1. The zero-order valence-corrected chi connectivity index (χ0v) is 9.68. The van der Waals surface area contributed by atoms with Gasteiger partial charge in [0.1, 0.15) is 0 Å². The molecule has 1 saturated carbocycles. The van der Waals surface area contributed by atoms with Gasteiger partial charge in [0, 0.05) is 44.3 Å². The van der Waals surface area contributed by atoms with Crippen molar-refractivity contribution in [3.05, 3.63) is 24.8 Å². The molecule has 0 radical (unpaired) electrons. The number of hydrogen-bond acceptors (Lipinski definition) is 3. The smallest absolute Gasteiger partial charge is 0.256 e. The first-order chi connectivity index (χ1) is 8.61. The van der Waals surface area contributed by atoms with Crippen LogP contribution in [-0.2, 0) is 0 Å². The molecular weight excluding hydrogens is 238 g/mol. The Labute approximate surface area is 102 Å². The van der Waals surface area contributed by atoms with Crippen LogP contribution in [0.25, 0.3) is 5.65 Å². The fraction of sp³-hybridized carbons (Fsp3) is 0.500. The van der Waals surface area contributed by atoms with Gasteiger partial charge < -0.3 is 9.30 Å². The van der Waals surface area contributed by atoms with Crippen LogP contribution in [0.2, 0.25) is 0 Å². The van der Waals surface area contributed by atoms with Crippen molar-refractivity contribution in [3.8, 4) is 0 Å². The van der Waals surface area contributed by atoms with Crippen molar-refractivity contribution in [2.75, 3.05) is 18.0 Å². The zero-order valence-electron chi connectivity index (χ0n) is 9.68. The molecule has 2 fully saturated rings. The Hall–Kier alpha value is -1.72. The summed E-state index contributed by atoms with van der Waals surface area (Å²) < 4.78 is 28.6. The molecule has 1 atom stereocenters. The van der Waals surface area contributed by atoms with Crippen molar-refractivity contribution in [3.63, 3.8) is 0 Å². The van der Waals surface area contributed by atoms with Crippen molar-refractivity contribution in [1.82, 2.24) is 14.4 Å². The van der Waals surface area contributed by atoms with Crippen molar-refractivity contribution >= 4 is 11.5 Å². The molecule has 3 heterocycles. The minimum Gasteiger partial charge on any atom is -0.353 e. The summed E-state index contributed by atoms with van der Waals surface area (Å²) in [5.74, 6) is -1.77. The van der Waals surface area contributed by atoms with E-state index in [1.165, 1.54) is 0 Å². The van der Waals surface area contributed by atoms with E-state index in [4.69, 9.17) is 0 Å². The standard InChI is InChI=1S/C12H12F2N4/c13-12(14)7-11(12)1-4-18(8-11)10-9-15-2-5-17(9)6-3-16-10/h2-3,5-6H,1,4,7-8H2. The maximum absolute atomic E-state index is 13.4. The van der Waals surface area contributed by atoms with Gasteiger partial charge in [0.2, 0.25) is 0 Å². The van der Waals surface area contributed by atoms with E-state index in [1.54, 1.807) is 12.4 Å². The number of hydrogen-bond donors (Lipinski definition) is 0. The van der Waals surface area contributed by atoms with E-state index < -0.39 is 11.3 Å². The Morgan fingerprint density at radius 2 is 1.89 bits per heavy atom. The Morgan fingerprint density at radius 1 is 1.17 bits per heavy atom. The second-order valence-electron chi connectivity index (χ2n) is 5.24. The molecule has 1 spiro atoms. The third kappa shape index (κ3) is 1.18. The number of nitrogens with zero attached hydrogens (tertiary/aromatic N) is 4. The lowest BCUT2D eigenvalue weighted by Crippen LogP contribution is -2.23. The topological polar surface area (TPSA) is 33.4 Å². The minimum atomic E-state index is -2.48. The lowest BCUT2D eigenvalue weighted by molar-refractivity contribution is 0.0711. The van der Waals surface area contributed by atoms with E-state index in [0.717, 1.165) is 5.65 Å². The highest BCUT2D eigenvalue weighted by Gasteiger charge is 2.72. The number of aromatic nitrogens is 3. The predicted octanol–water partition coefficient (Wildman–Crippen LogP) is 1.96. The molecule has 2 aromatic heterocycles. The fourth-order valence-electron chi connectivity index (χ4n) is 2.94. The lowest BCUT2D eigenvalue weighted by Gasteiger charge is -2.17. The molecule has 4 nitrogen and oxygen atoms in total. The van der Waals surface area contributed by atoms with Gasteiger partial charge >= 0.3 is 0 Å². The molecule has 4 rings (SSSR count). The number of rotatable bonds is 1. The predicted molar refractivity (Wildman–Crippen MR) is 61.8 cm³/mol. The normalized spacial score (nSPS) is 29.3. The summed E-state index contributed by atoms with van der Waals surface area (Å²) in [4.78, 5) is 10.5. The summed E-state index contributed by atoms with van der Waals surface area (Å²) in [6.45, 7) is 1.02. The van der Waals surface area contributed by atoms with Gasteiger partial charge in [0.25, 0.3) is 5.92 Å². The van der Waals surface area contributed by atoms with Crippen LogP contribution >= 0.6 is 0 Å². The molecule has 1 aliphatic heterocycles. The van der Waals surface area contributed by atoms with Crippen molar-refractivity contribution < 1.29 is 8.78 Å². The molecule has 1 aliphatic carbocycles. The first-order valence-corrected chi connectivity index (χ1v) is 6.02. The van der Waals surface area contributed by atoms with Gasteiger partial charge in [-0.2, -0.15) is 0 Å². The van der Waals surface area contributed by atoms with E-state index in [9.17, 15) is 8.78 Å². The highest BCUT2D eigenvalue weighted by molar-refractivity contribution is 5.64. The van der Waals surface area contributed by atoms with Crippen molar-refractivity contribution in [2.45, 2.75) is 18.8 Å². The van der Waals surface area contributed by atoms with E-state index >= 15 is 0 Å². The molecular formula is C12H12F2N4. The monoisotopic (exact) mass is 250 g/mol. The van der Waals surface area contributed by atoms with Crippen LogP contribution in [0.5, 0.6) is 0 Å². The molecule has 1 saturated heterocycles. The number of halogens is 2. The second-order valence-corrected chi connectivity index (χ2v) is 5.24. The van der Waals surface area contributed by atoms with Crippen LogP contribution in [0.1, 0.15) is 12.8 Å². The molecule has 2 aromatic rings. The average Bonchev–Trinajstić information content (AvgIpc) is 2.80. The Kier molecular flexibility index (Phi) is 1.70. The van der Waals surface area contributed by atoms with Gasteiger partial charge in [-0.3, -0.25) is 0 Å². The molecule has 2 aliphatic rings. The summed E-state index contributed by atoms with van der Waals surface area (Å²) in [6.07, 6.45) is 7.58. The molecule has 94 valence electrons. The Morgan fingerprint density at radius 3 is 2.56 bits per heavy atom. The van der Waals surface area contributed by atoms with E-state index in [1.807, 2.05) is 21.7 Å². The summed E-state index contributed by atoms with van der Waals surface area (Å²) in [5, 5.41) is 0. The summed E-state index contributed by atoms with van der Waals surface area (Å²) in [7, 11) is 0. The molecule has 0 bridgehead atoms. The van der Waals surface area contributed by atoms with Crippen molar-refractivity contribution in [2.24, 2.45) is 5.41 Å². The summed E-state index contributed by atoms with van der Waals surface area (Å²) in [6, 6.07) is 0. The van der Waals surface area contributed by atoms with Crippen LogP contribution in [0, 0.1) is 5.41 Å². The third-order valence-corrected chi connectivity index (χ3v) is 4.16. The maximum atomic E-state index is 13.4. The van der Waals surface area contributed by atoms with Gasteiger partial charge in [-0.25, -0.2) is 18.7 Å². The Bertz CT molecular complexity index is 623. The largest absolute Gasteiger partial charge is 0.353 e. The van der Waals surface area contributed by atoms with E-state index in [0.29, 0.717) is 25.3 Å². The van der Waals surface area contributed by atoms with Gasteiger partial charge in [0.05, 0.1) is 5.41 Å². The van der Waals surface area contributed by atoms with Crippen LogP contribution in [-0.4, -0.2) is 33.4 Å². The fourth-order valence-corrected chi connectivity index (χ4v) is 2.94. The van der Waals surface area contributed by atoms with Crippen LogP contribution in [0.4, 0.5) is 14.6 Å². The maximum Gasteiger partial charge on any atom is 0.256 e. The Balaban J connectivity index is 1.71. The SMILES string of the molecule is FC1(F)CC12CCN(c1nccn3ccnc13)C2. The van der Waals surface area contributed by atoms with E-state index in [-0.39, 0.29) is 6.42 Å².